The minimum absolute atomic E-state index is 0.107. The molecule has 0 bridgehead atoms. The molecule has 0 saturated carbocycles. The molecule has 2 heteroatoms. The summed E-state index contributed by atoms with van der Waals surface area (Å²) >= 11 is 0. The summed E-state index contributed by atoms with van der Waals surface area (Å²) in [5.41, 5.74) is 1.30. The minimum Gasteiger partial charge on any atom is -0.353 e. The lowest BCUT2D eigenvalue weighted by Crippen LogP contribution is -2.47. The number of carbonyl (C=O) groups is 1. The number of hydrogen-bond acceptors (Lipinski definition) is 1. The fourth-order valence-electron chi connectivity index (χ4n) is 2.29. The van der Waals surface area contributed by atoms with Crippen LogP contribution in [0.2, 0.25) is 0 Å². The molecule has 1 aliphatic rings. The average molecular weight is 233 g/mol. The maximum atomic E-state index is 11.6. The largest absolute Gasteiger partial charge is 0.353 e. The maximum absolute atomic E-state index is 11.6. The second-order valence-corrected chi connectivity index (χ2v) is 4.73. The lowest BCUT2D eigenvalue weighted by molar-refractivity contribution is -0.127. The van der Waals surface area contributed by atoms with E-state index in [-0.39, 0.29) is 17.9 Å². The summed E-state index contributed by atoms with van der Waals surface area (Å²) in [5, 5.41) is 3.06. The third-order valence-electron chi connectivity index (χ3n) is 3.30. The molecule has 0 aromatic rings. The summed E-state index contributed by atoms with van der Waals surface area (Å²) < 4.78 is 0. The number of piperidine rings is 1. The van der Waals surface area contributed by atoms with Gasteiger partial charge in [-0.05, 0) is 32.8 Å². The number of hydrogen-bond donors (Lipinski definition) is 1. The zero-order valence-electron chi connectivity index (χ0n) is 11.2. The van der Waals surface area contributed by atoms with E-state index in [1.807, 2.05) is 26.8 Å². The highest BCUT2D eigenvalue weighted by molar-refractivity contribution is 5.79. The summed E-state index contributed by atoms with van der Waals surface area (Å²) in [6.45, 7) is 8.12. The first kappa shape index (κ1) is 13.8. The van der Waals surface area contributed by atoms with Gasteiger partial charge in [0.2, 0.25) is 5.91 Å². The lowest BCUT2D eigenvalue weighted by Gasteiger charge is -2.34. The number of rotatable bonds is 3. The summed E-state index contributed by atoms with van der Waals surface area (Å²) in [6.07, 6.45) is 11.4. The van der Waals surface area contributed by atoms with Crippen LogP contribution in [-0.2, 0) is 4.79 Å². The molecule has 3 atom stereocenters. The highest BCUT2D eigenvalue weighted by Crippen LogP contribution is 2.29. The highest BCUT2D eigenvalue weighted by atomic mass is 16.2. The van der Waals surface area contributed by atoms with Crippen LogP contribution < -0.4 is 5.32 Å². The summed E-state index contributed by atoms with van der Waals surface area (Å²) in [6, 6.07) is 0.214. The molecule has 94 valence electrons. The Labute approximate surface area is 104 Å². The SMILES string of the molecule is C\C=C/C=C(\C=C/C)[C@@H]1CC(C)C(=O)N[C@@H]1C. The Balaban J connectivity index is 2.90. The summed E-state index contributed by atoms with van der Waals surface area (Å²) in [4.78, 5) is 11.6. The van der Waals surface area contributed by atoms with Crippen LogP contribution >= 0.6 is 0 Å². The van der Waals surface area contributed by atoms with Gasteiger partial charge in [0.15, 0.2) is 0 Å². The maximum Gasteiger partial charge on any atom is 0.223 e. The molecule has 1 N–H and O–H groups in total. The Bertz CT molecular complexity index is 352. The molecule has 1 saturated heterocycles. The van der Waals surface area contributed by atoms with Crippen molar-refractivity contribution >= 4 is 5.91 Å². The molecule has 1 rings (SSSR count). The van der Waals surface area contributed by atoms with Gasteiger partial charge in [-0.3, -0.25) is 4.79 Å². The van der Waals surface area contributed by atoms with E-state index in [2.05, 4.69) is 36.5 Å². The van der Waals surface area contributed by atoms with E-state index in [0.29, 0.717) is 5.92 Å². The summed E-state index contributed by atoms with van der Waals surface area (Å²) in [5.74, 6) is 0.699. The fraction of sp³-hybridized carbons (Fsp3) is 0.533. The number of amides is 1. The van der Waals surface area contributed by atoms with Crippen LogP contribution in [0.5, 0.6) is 0 Å². The van der Waals surface area contributed by atoms with Crippen LogP contribution in [0.15, 0.2) is 36.0 Å². The van der Waals surface area contributed by atoms with E-state index in [1.165, 1.54) is 5.57 Å². The Morgan fingerprint density at radius 1 is 1.29 bits per heavy atom. The van der Waals surface area contributed by atoms with Crippen molar-refractivity contribution in [3.63, 3.8) is 0 Å². The number of allylic oxidation sites excluding steroid dienone is 5. The van der Waals surface area contributed by atoms with E-state index in [0.717, 1.165) is 6.42 Å². The van der Waals surface area contributed by atoms with Gasteiger partial charge in [0.05, 0.1) is 0 Å². The van der Waals surface area contributed by atoms with Gasteiger partial charge in [-0.25, -0.2) is 0 Å². The van der Waals surface area contributed by atoms with E-state index in [4.69, 9.17) is 0 Å². The standard InChI is InChI=1S/C15H23NO/c1-5-7-9-13(8-6-2)14-10-11(3)15(17)16-12(14)4/h5-9,11-12,14H,10H2,1-4H3,(H,16,17)/b7-5-,8-6-,13-9+/t11?,12-,14-/m1/s1. The third kappa shape index (κ3) is 3.58. The quantitative estimate of drug-likeness (QED) is 0.745. The van der Waals surface area contributed by atoms with Crippen molar-refractivity contribution in [2.75, 3.05) is 0 Å². The van der Waals surface area contributed by atoms with Crippen molar-refractivity contribution in [1.82, 2.24) is 5.32 Å². The van der Waals surface area contributed by atoms with Gasteiger partial charge in [0.25, 0.3) is 0 Å². The second kappa shape index (κ2) is 6.43. The molecular weight excluding hydrogens is 210 g/mol. The Morgan fingerprint density at radius 2 is 2.00 bits per heavy atom. The van der Waals surface area contributed by atoms with Crippen molar-refractivity contribution in [1.29, 1.82) is 0 Å². The minimum atomic E-state index is 0.107. The predicted octanol–water partition coefficient (Wildman–Crippen LogP) is 3.23. The van der Waals surface area contributed by atoms with Gasteiger partial charge < -0.3 is 5.32 Å². The highest BCUT2D eigenvalue weighted by Gasteiger charge is 2.31. The van der Waals surface area contributed by atoms with Gasteiger partial charge in [-0.1, -0.05) is 37.3 Å². The molecule has 1 heterocycles. The molecule has 0 aliphatic carbocycles. The lowest BCUT2D eigenvalue weighted by atomic mass is 9.80. The Hall–Kier alpha value is -1.31. The molecule has 0 aromatic heterocycles. The number of carbonyl (C=O) groups excluding carboxylic acids is 1. The van der Waals surface area contributed by atoms with Gasteiger partial charge in [-0.15, -0.1) is 0 Å². The van der Waals surface area contributed by atoms with Crippen molar-refractivity contribution < 1.29 is 4.79 Å². The number of nitrogens with one attached hydrogen (secondary N) is 1. The van der Waals surface area contributed by atoms with Crippen LogP contribution in [0.1, 0.15) is 34.1 Å². The first-order valence-corrected chi connectivity index (χ1v) is 6.36. The third-order valence-corrected chi connectivity index (χ3v) is 3.30. The molecular formula is C15H23NO. The van der Waals surface area contributed by atoms with E-state index >= 15 is 0 Å². The molecule has 0 spiro atoms. The van der Waals surface area contributed by atoms with Gasteiger partial charge in [0.1, 0.15) is 0 Å². The van der Waals surface area contributed by atoms with Gasteiger partial charge in [-0.2, -0.15) is 0 Å². The van der Waals surface area contributed by atoms with Crippen LogP contribution in [-0.4, -0.2) is 11.9 Å². The molecule has 0 aromatic carbocycles. The molecule has 0 radical (unpaired) electrons. The van der Waals surface area contributed by atoms with Crippen molar-refractivity contribution in [3.8, 4) is 0 Å². The van der Waals surface area contributed by atoms with Crippen LogP contribution in [0.25, 0.3) is 0 Å². The second-order valence-electron chi connectivity index (χ2n) is 4.73. The molecule has 1 unspecified atom stereocenters. The topological polar surface area (TPSA) is 29.1 Å². The molecule has 17 heavy (non-hydrogen) atoms. The van der Waals surface area contributed by atoms with E-state index in [9.17, 15) is 4.79 Å². The van der Waals surface area contributed by atoms with Gasteiger partial charge in [0, 0.05) is 17.9 Å². The van der Waals surface area contributed by atoms with Crippen LogP contribution in [0.4, 0.5) is 0 Å². The monoisotopic (exact) mass is 233 g/mol. The van der Waals surface area contributed by atoms with Gasteiger partial charge >= 0.3 is 0 Å². The zero-order chi connectivity index (χ0) is 12.8. The van der Waals surface area contributed by atoms with Crippen LogP contribution in [0, 0.1) is 11.8 Å². The van der Waals surface area contributed by atoms with Crippen LogP contribution in [0.3, 0.4) is 0 Å². The van der Waals surface area contributed by atoms with Crippen molar-refractivity contribution in [2.24, 2.45) is 11.8 Å². The molecule has 1 amide bonds. The Morgan fingerprint density at radius 3 is 2.59 bits per heavy atom. The predicted molar refractivity (Wildman–Crippen MR) is 72.6 cm³/mol. The first-order chi connectivity index (χ1) is 8.10. The van der Waals surface area contributed by atoms with Crippen molar-refractivity contribution in [3.05, 3.63) is 36.0 Å². The van der Waals surface area contributed by atoms with E-state index in [1.54, 1.807) is 0 Å². The average Bonchev–Trinajstić information content (AvgIpc) is 2.29. The fourth-order valence-corrected chi connectivity index (χ4v) is 2.29. The molecule has 1 fully saturated rings. The molecule has 2 nitrogen and oxygen atoms in total. The van der Waals surface area contributed by atoms with Crippen molar-refractivity contribution in [2.45, 2.75) is 40.2 Å². The smallest absolute Gasteiger partial charge is 0.223 e. The van der Waals surface area contributed by atoms with E-state index < -0.39 is 0 Å². The zero-order valence-corrected chi connectivity index (χ0v) is 11.2. The molecule has 1 aliphatic heterocycles. The summed E-state index contributed by atoms with van der Waals surface area (Å²) in [7, 11) is 0. The Kier molecular flexibility index (Phi) is 5.20. The normalized spacial score (nSPS) is 31.2. The first-order valence-electron chi connectivity index (χ1n) is 6.36.